The number of aliphatic hydroxyl groups is 5. The zero-order chi connectivity index (χ0) is 48.0. The predicted octanol–water partition coefficient (Wildman–Crippen LogP) is 11.3. The highest BCUT2D eigenvalue weighted by Crippen LogP contribution is 2.22. The van der Waals surface area contributed by atoms with E-state index in [0.717, 1.165) is 103 Å². The summed E-state index contributed by atoms with van der Waals surface area (Å²) in [6, 6.07) is -0.862. The first-order valence-electron chi connectivity index (χ1n) is 24.7. The molecule has 0 aromatic heterocycles. The zero-order valence-corrected chi connectivity index (χ0v) is 40.4. The van der Waals surface area contributed by atoms with Crippen LogP contribution in [0.15, 0.2) is 158 Å². The molecule has 7 atom stereocenters. The number of nitrogens with one attached hydrogen (secondary N) is 1. The lowest BCUT2D eigenvalue weighted by Gasteiger charge is -2.40. The van der Waals surface area contributed by atoms with Crippen LogP contribution in [0, 0.1) is 0 Å². The van der Waals surface area contributed by atoms with Crippen molar-refractivity contribution < 1.29 is 39.8 Å². The first kappa shape index (κ1) is 59.8. The Balaban J connectivity index is 2.29. The van der Waals surface area contributed by atoms with Gasteiger partial charge in [0.05, 0.1) is 25.4 Å². The van der Waals surface area contributed by atoms with Crippen molar-refractivity contribution in [2.45, 2.75) is 179 Å². The number of carbonyl (C=O) groups is 1. The third-order valence-corrected chi connectivity index (χ3v) is 10.3. The summed E-state index contributed by atoms with van der Waals surface area (Å²) in [5.74, 6) is -0.245. The van der Waals surface area contributed by atoms with Crippen molar-refractivity contribution in [3.63, 3.8) is 0 Å². The van der Waals surface area contributed by atoms with Gasteiger partial charge >= 0.3 is 0 Å². The monoisotopic (exact) mass is 914 g/mol. The molecule has 1 heterocycles. The second kappa shape index (κ2) is 44.6. The van der Waals surface area contributed by atoms with E-state index in [-0.39, 0.29) is 18.9 Å². The van der Waals surface area contributed by atoms with E-state index in [9.17, 15) is 30.3 Å². The van der Waals surface area contributed by atoms with Crippen molar-refractivity contribution in [2.24, 2.45) is 0 Å². The number of ether oxygens (including phenoxy) is 2. The van der Waals surface area contributed by atoms with Gasteiger partial charge in [0, 0.05) is 6.42 Å². The number of allylic oxidation sites excluding steroid dienone is 25. The molecule has 0 saturated carbocycles. The minimum atomic E-state index is -1.59. The molecule has 0 spiro atoms. The smallest absolute Gasteiger partial charge is 0.220 e. The van der Waals surface area contributed by atoms with E-state index in [4.69, 9.17) is 9.47 Å². The molecule has 1 fully saturated rings. The third-order valence-electron chi connectivity index (χ3n) is 10.3. The third kappa shape index (κ3) is 34.2. The van der Waals surface area contributed by atoms with Crippen LogP contribution in [0.2, 0.25) is 0 Å². The van der Waals surface area contributed by atoms with Gasteiger partial charge in [-0.2, -0.15) is 0 Å². The average molecular weight is 914 g/mol. The van der Waals surface area contributed by atoms with Crippen LogP contribution in [0.4, 0.5) is 0 Å². The topological polar surface area (TPSA) is 149 Å². The number of amides is 1. The maximum Gasteiger partial charge on any atom is 0.220 e. The Morgan fingerprint density at radius 2 is 0.894 bits per heavy atom. The standard InChI is InChI=1S/C57H87NO8/c1-3-5-7-9-11-13-15-16-17-18-19-20-21-22-23-24-25-26-27-28-29-30-31-32-33-34-35-36-37-39-41-43-45-47-53(61)58-50(49-65-57-56(64)55(63)54(62)52(48-59)66-57)51(60)46-44-42-40-38-14-12-10-8-6-4-2/h5-8,11,13-14,16-17,19-20,22-23,25-26,28-29,31-32,34-35,37-39,44,46,50-52,54-57,59-60,62-64H,3-4,9-10,12,15,18,21,24,27,30,33,36,40-43,45,47-49H2,1-2H3,(H,58,61)/b7-5-,8-6+,13-11-,17-16-,20-19-,23-22-,26-25-,29-28-,32-31-,35-34-,38-14+,39-37-,46-44+. The van der Waals surface area contributed by atoms with Gasteiger partial charge in [0.15, 0.2) is 6.29 Å². The Morgan fingerprint density at radius 1 is 0.515 bits per heavy atom. The molecule has 0 radical (unpaired) electrons. The number of carbonyl (C=O) groups excluding carboxylic acids is 1. The van der Waals surface area contributed by atoms with Crippen molar-refractivity contribution in [1.82, 2.24) is 5.32 Å². The molecule has 9 nitrogen and oxygen atoms in total. The molecule has 1 aliphatic rings. The molecular formula is C57H87NO8. The van der Waals surface area contributed by atoms with Crippen molar-refractivity contribution in [3.05, 3.63) is 158 Å². The summed E-state index contributed by atoms with van der Waals surface area (Å²) in [6.45, 7) is 3.44. The summed E-state index contributed by atoms with van der Waals surface area (Å²) in [7, 11) is 0. The van der Waals surface area contributed by atoms with Gasteiger partial charge < -0.3 is 40.3 Å². The number of aliphatic hydroxyl groups excluding tert-OH is 5. The van der Waals surface area contributed by atoms with Crippen molar-refractivity contribution in [2.75, 3.05) is 13.2 Å². The molecule has 66 heavy (non-hydrogen) atoms. The molecule has 1 rings (SSSR count). The van der Waals surface area contributed by atoms with Crippen LogP contribution in [-0.2, 0) is 14.3 Å². The highest BCUT2D eigenvalue weighted by molar-refractivity contribution is 5.76. The lowest BCUT2D eigenvalue weighted by Crippen LogP contribution is -2.60. The van der Waals surface area contributed by atoms with Gasteiger partial charge in [0.1, 0.15) is 24.4 Å². The quantitative estimate of drug-likeness (QED) is 0.0265. The predicted molar refractivity (Wildman–Crippen MR) is 276 cm³/mol. The molecule has 0 bridgehead atoms. The number of unbranched alkanes of at least 4 members (excludes halogenated alkanes) is 4. The van der Waals surface area contributed by atoms with E-state index in [1.54, 1.807) is 6.08 Å². The Kier molecular flexibility index (Phi) is 40.5. The first-order chi connectivity index (χ1) is 32.3. The Hall–Kier alpha value is -4.19. The fourth-order valence-electron chi connectivity index (χ4n) is 6.45. The zero-order valence-electron chi connectivity index (χ0n) is 40.4. The average Bonchev–Trinajstić information content (AvgIpc) is 3.32. The number of rotatable bonds is 38. The maximum atomic E-state index is 12.9. The van der Waals surface area contributed by atoms with Crippen LogP contribution in [0.25, 0.3) is 0 Å². The van der Waals surface area contributed by atoms with Gasteiger partial charge in [-0.25, -0.2) is 0 Å². The molecule has 9 heteroatoms. The van der Waals surface area contributed by atoms with Crippen LogP contribution in [0.3, 0.4) is 0 Å². The van der Waals surface area contributed by atoms with E-state index >= 15 is 0 Å². The first-order valence-corrected chi connectivity index (χ1v) is 24.7. The molecule has 0 aliphatic carbocycles. The summed E-state index contributed by atoms with van der Waals surface area (Å²) in [6.07, 6.45) is 64.6. The minimum absolute atomic E-state index is 0.236. The summed E-state index contributed by atoms with van der Waals surface area (Å²) in [4.78, 5) is 12.9. The van der Waals surface area contributed by atoms with Gasteiger partial charge in [-0.15, -0.1) is 0 Å². The van der Waals surface area contributed by atoms with E-state index in [0.29, 0.717) is 12.8 Å². The molecule has 1 amide bonds. The minimum Gasteiger partial charge on any atom is -0.394 e. The highest BCUT2D eigenvalue weighted by atomic mass is 16.7. The largest absolute Gasteiger partial charge is 0.394 e. The van der Waals surface area contributed by atoms with Gasteiger partial charge in [0.25, 0.3) is 0 Å². The summed E-state index contributed by atoms with van der Waals surface area (Å²) in [5.41, 5.74) is 0. The van der Waals surface area contributed by atoms with E-state index < -0.39 is 49.5 Å². The Morgan fingerprint density at radius 3 is 1.33 bits per heavy atom. The Labute approximate surface area is 399 Å². The molecule has 1 saturated heterocycles. The van der Waals surface area contributed by atoms with Gasteiger partial charge in [-0.05, 0) is 116 Å². The van der Waals surface area contributed by atoms with Crippen LogP contribution in [0.1, 0.15) is 136 Å². The van der Waals surface area contributed by atoms with Crippen LogP contribution in [0.5, 0.6) is 0 Å². The van der Waals surface area contributed by atoms with Gasteiger partial charge in [-0.1, -0.05) is 172 Å². The molecule has 0 aromatic rings. The van der Waals surface area contributed by atoms with E-state index in [2.05, 4.69) is 165 Å². The lowest BCUT2D eigenvalue weighted by atomic mass is 9.99. The molecular weight excluding hydrogens is 827 g/mol. The van der Waals surface area contributed by atoms with Crippen molar-refractivity contribution >= 4 is 5.91 Å². The second-order valence-electron chi connectivity index (χ2n) is 16.1. The normalized spacial score (nSPS) is 21.2. The van der Waals surface area contributed by atoms with Crippen molar-refractivity contribution in [3.8, 4) is 0 Å². The lowest BCUT2D eigenvalue weighted by molar-refractivity contribution is -0.302. The fraction of sp³-hybridized carbons (Fsp3) is 0.526. The van der Waals surface area contributed by atoms with E-state index in [1.165, 1.54) is 0 Å². The SMILES string of the molecule is CC/C=C\C/C=C\C/C=C\C/C=C\C/C=C\C/C=C\C/C=C\C/C=C\C/C=C\C/C=C\CCCCC(=O)NC(COC1OC(CO)C(O)C(O)C1O)C(O)/C=C/CC/C=C/CC/C=C/CC. The molecule has 7 unspecified atom stereocenters. The van der Waals surface area contributed by atoms with Gasteiger partial charge in [0.2, 0.25) is 5.91 Å². The molecule has 0 aromatic carbocycles. The summed E-state index contributed by atoms with van der Waals surface area (Å²) in [5, 5.41) is 54.0. The molecule has 368 valence electrons. The van der Waals surface area contributed by atoms with Gasteiger partial charge in [-0.3, -0.25) is 4.79 Å². The van der Waals surface area contributed by atoms with E-state index in [1.807, 2.05) is 6.08 Å². The number of hydrogen-bond donors (Lipinski definition) is 6. The Bertz CT molecular complexity index is 1580. The van der Waals surface area contributed by atoms with Crippen LogP contribution >= 0.6 is 0 Å². The highest BCUT2D eigenvalue weighted by Gasteiger charge is 2.44. The summed E-state index contributed by atoms with van der Waals surface area (Å²) < 4.78 is 11.1. The second-order valence-corrected chi connectivity index (χ2v) is 16.1. The maximum absolute atomic E-state index is 12.9. The van der Waals surface area contributed by atoms with Crippen LogP contribution in [-0.4, -0.2) is 87.5 Å². The van der Waals surface area contributed by atoms with Crippen LogP contribution < -0.4 is 5.32 Å². The summed E-state index contributed by atoms with van der Waals surface area (Å²) >= 11 is 0. The van der Waals surface area contributed by atoms with Crippen molar-refractivity contribution in [1.29, 1.82) is 0 Å². The molecule has 6 N–H and O–H groups in total. The fourth-order valence-corrected chi connectivity index (χ4v) is 6.45. The number of hydrogen-bond acceptors (Lipinski definition) is 8. The molecule has 1 aliphatic heterocycles.